The molecule has 124 valence electrons. The monoisotopic (exact) mass is 328 g/mol. The van der Waals surface area contributed by atoms with Crippen LogP contribution in [0.3, 0.4) is 0 Å². The largest absolute Gasteiger partial charge is 0.416 e. The van der Waals surface area contributed by atoms with Crippen molar-refractivity contribution in [2.24, 2.45) is 5.16 Å². The van der Waals surface area contributed by atoms with E-state index in [0.717, 1.165) is 0 Å². The summed E-state index contributed by atoms with van der Waals surface area (Å²) < 4.78 is 76.4. The van der Waals surface area contributed by atoms with Crippen LogP contribution in [0.5, 0.6) is 0 Å². The number of benzene rings is 1. The summed E-state index contributed by atoms with van der Waals surface area (Å²) in [7, 11) is 0. The molecule has 0 aromatic heterocycles. The molecule has 0 atom stereocenters. The zero-order chi connectivity index (χ0) is 17.3. The Balaban J connectivity index is 3.37. The van der Waals surface area contributed by atoms with Crippen molar-refractivity contribution in [3.05, 3.63) is 29.3 Å². The van der Waals surface area contributed by atoms with E-state index in [2.05, 4.69) is 10.5 Å². The first-order valence-electron chi connectivity index (χ1n) is 6.04. The molecule has 9 heteroatoms. The summed E-state index contributed by atoms with van der Waals surface area (Å²) in [5.41, 5.74) is -4.26. The third kappa shape index (κ3) is 4.28. The molecule has 0 aliphatic carbocycles. The average molecular weight is 328 g/mol. The molecule has 0 bridgehead atoms. The van der Waals surface area contributed by atoms with Crippen LogP contribution in [-0.4, -0.2) is 16.5 Å². The lowest BCUT2D eigenvalue weighted by Crippen LogP contribution is -2.38. The number of nitrogens with zero attached hydrogens (tertiary/aromatic N) is 1. The fourth-order valence-corrected chi connectivity index (χ4v) is 1.60. The number of oxime groups is 1. The van der Waals surface area contributed by atoms with Gasteiger partial charge in [0, 0.05) is 5.69 Å². The van der Waals surface area contributed by atoms with Crippen molar-refractivity contribution in [2.75, 3.05) is 5.32 Å². The minimum Gasteiger partial charge on any atom is -0.411 e. The molecule has 22 heavy (non-hydrogen) atoms. The van der Waals surface area contributed by atoms with E-state index >= 15 is 0 Å². The van der Waals surface area contributed by atoms with Gasteiger partial charge >= 0.3 is 12.4 Å². The number of alkyl halides is 6. The summed E-state index contributed by atoms with van der Waals surface area (Å²) in [4.78, 5) is 0. The lowest BCUT2D eigenvalue weighted by atomic mass is 9.98. The Morgan fingerprint density at radius 3 is 1.68 bits per heavy atom. The first kappa shape index (κ1) is 18.1. The minimum absolute atomic E-state index is 0.0468. The van der Waals surface area contributed by atoms with Crippen LogP contribution in [0.4, 0.5) is 32.0 Å². The second-order valence-corrected chi connectivity index (χ2v) is 5.23. The molecular formula is C13H14F6N2O. The molecule has 1 aromatic carbocycles. The Bertz CT molecular complexity index is 543. The molecule has 0 aliphatic heterocycles. The predicted molar refractivity (Wildman–Crippen MR) is 69.0 cm³/mol. The molecule has 0 saturated heterocycles. The van der Waals surface area contributed by atoms with Crippen molar-refractivity contribution < 1.29 is 31.5 Å². The normalized spacial score (nSPS) is 14.1. The topological polar surface area (TPSA) is 44.6 Å². The van der Waals surface area contributed by atoms with Crippen LogP contribution < -0.4 is 5.32 Å². The highest BCUT2D eigenvalue weighted by Crippen LogP contribution is 2.38. The first-order chi connectivity index (χ1) is 9.77. The smallest absolute Gasteiger partial charge is 0.411 e. The van der Waals surface area contributed by atoms with E-state index < -0.39 is 29.0 Å². The van der Waals surface area contributed by atoms with Gasteiger partial charge in [-0.3, -0.25) is 0 Å². The van der Waals surface area contributed by atoms with Crippen molar-refractivity contribution in [1.29, 1.82) is 0 Å². The molecule has 0 aliphatic rings. The van der Waals surface area contributed by atoms with Crippen LogP contribution in [-0.2, 0) is 12.4 Å². The third-order valence-electron chi connectivity index (χ3n) is 3.10. The summed E-state index contributed by atoms with van der Waals surface area (Å²) >= 11 is 0. The van der Waals surface area contributed by atoms with Crippen LogP contribution in [0.2, 0.25) is 0 Å². The molecule has 0 fully saturated rings. The molecule has 0 amide bonds. The Morgan fingerprint density at radius 1 is 0.955 bits per heavy atom. The Kier molecular flexibility index (Phi) is 4.69. The lowest BCUT2D eigenvalue weighted by molar-refractivity contribution is -0.143. The van der Waals surface area contributed by atoms with Gasteiger partial charge < -0.3 is 10.5 Å². The van der Waals surface area contributed by atoms with Gasteiger partial charge in [-0.25, -0.2) is 0 Å². The van der Waals surface area contributed by atoms with E-state index in [1.54, 1.807) is 0 Å². The molecule has 0 saturated carbocycles. The van der Waals surface area contributed by atoms with Gasteiger partial charge in [-0.15, -0.1) is 0 Å². The molecule has 3 nitrogen and oxygen atoms in total. The zero-order valence-corrected chi connectivity index (χ0v) is 11.9. The van der Waals surface area contributed by atoms with Crippen molar-refractivity contribution in [2.45, 2.75) is 38.7 Å². The number of hydrogen-bond acceptors (Lipinski definition) is 3. The highest BCUT2D eigenvalue weighted by Gasteiger charge is 2.37. The number of nitrogens with one attached hydrogen (secondary N) is 1. The zero-order valence-electron chi connectivity index (χ0n) is 11.9. The predicted octanol–water partition coefficient (Wildman–Crippen LogP) is 4.76. The van der Waals surface area contributed by atoms with E-state index in [-0.39, 0.29) is 17.5 Å². The second-order valence-electron chi connectivity index (χ2n) is 5.23. The Labute approximate surface area is 122 Å². The maximum absolute atomic E-state index is 12.7. The average Bonchev–Trinajstić information content (AvgIpc) is 2.34. The maximum Gasteiger partial charge on any atom is 0.416 e. The van der Waals surface area contributed by atoms with Crippen LogP contribution in [0.1, 0.15) is 31.9 Å². The molecular weight excluding hydrogens is 314 g/mol. The third-order valence-corrected chi connectivity index (χ3v) is 3.10. The molecule has 0 heterocycles. The number of halogens is 6. The van der Waals surface area contributed by atoms with E-state index in [4.69, 9.17) is 5.21 Å². The molecule has 1 aromatic rings. The summed E-state index contributed by atoms with van der Waals surface area (Å²) in [6.45, 7) is 4.29. The summed E-state index contributed by atoms with van der Waals surface area (Å²) in [6, 6.07) is 1.19. The van der Waals surface area contributed by atoms with Gasteiger partial charge in [0.1, 0.15) is 0 Å². The number of anilines is 1. The van der Waals surface area contributed by atoms with Crippen molar-refractivity contribution in [1.82, 2.24) is 0 Å². The molecule has 0 spiro atoms. The molecule has 2 N–H and O–H groups in total. The lowest BCUT2D eigenvalue weighted by Gasteiger charge is -2.27. The molecule has 1 rings (SSSR count). The summed E-state index contributed by atoms with van der Waals surface area (Å²) in [5, 5.41) is 14.1. The highest BCUT2D eigenvalue weighted by atomic mass is 19.4. The Morgan fingerprint density at radius 2 is 1.36 bits per heavy atom. The van der Waals surface area contributed by atoms with Gasteiger partial charge in [0.25, 0.3) is 0 Å². The van der Waals surface area contributed by atoms with Crippen molar-refractivity contribution >= 4 is 11.4 Å². The fraction of sp³-hybridized carbons (Fsp3) is 0.462. The van der Waals surface area contributed by atoms with Gasteiger partial charge in [-0.1, -0.05) is 5.16 Å². The van der Waals surface area contributed by atoms with Crippen LogP contribution in [0, 0.1) is 0 Å². The fourth-order valence-electron chi connectivity index (χ4n) is 1.60. The standard InChI is InChI=1S/C13H14F6N2O/c1-7(21-22)11(2,3)20-10-5-8(12(14,15)16)4-9(6-10)13(17,18)19/h4-6,20,22H,1-3H3/b21-7+. The van der Waals surface area contributed by atoms with Gasteiger partial charge in [-0.2, -0.15) is 26.3 Å². The Hall–Kier alpha value is -1.93. The summed E-state index contributed by atoms with van der Waals surface area (Å²) in [6.07, 6.45) is -9.83. The molecule has 0 unspecified atom stereocenters. The number of hydrogen-bond donors (Lipinski definition) is 2. The van der Waals surface area contributed by atoms with E-state index in [1.807, 2.05) is 0 Å². The van der Waals surface area contributed by atoms with E-state index in [9.17, 15) is 26.3 Å². The SMILES string of the molecule is C/C(=N\O)C(C)(C)Nc1cc(C(F)(F)F)cc(C(F)(F)F)c1. The van der Waals surface area contributed by atoms with Gasteiger partial charge in [0.05, 0.1) is 22.4 Å². The second kappa shape index (κ2) is 5.69. The van der Waals surface area contributed by atoms with Crippen LogP contribution >= 0.6 is 0 Å². The summed E-state index contributed by atoms with van der Waals surface area (Å²) in [5.74, 6) is 0. The van der Waals surface area contributed by atoms with Gasteiger partial charge in [0.2, 0.25) is 0 Å². The van der Waals surface area contributed by atoms with E-state index in [1.165, 1.54) is 20.8 Å². The quantitative estimate of drug-likeness (QED) is 0.363. The van der Waals surface area contributed by atoms with Crippen LogP contribution in [0.25, 0.3) is 0 Å². The highest BCUT2D eigenvalue weighted by molar-refractivity contribution is 5.92. The molecule has 0 radical (unpaired) electrons. The maximum atomic E-state index is 12.7. The van der Waals surface area contributed by atoms with Crippen LogP contribution in [0.15, 0.2) is 23.4 Å². The van der Waals surface area contributed by atoms with Crippen molar-refractivity contribution in [3.8, 4) is 0 Å². The van der Waals surface area contributed by atoms with Gasteiger partial charge in [-0.05, 0) is 39.0 Å². The van der Waals surface area contributed by atoms with Crippen molar-refractivity contribution in [3.63, 3.8) is 0 Å². The van der Waals surface area contributed by atoms with Gasteiger partial charge in [0.15, 0.2) is 0 Å². The van der Waals surface area contributed by atoms with E-state index in [0.29, 0.717) is 12.1 Å². The minimum atomic E-state index is -4.91. The number of rotatable bonds is 3. The first-order valence-corrected chi connectivity index (χ1v) is 6.04.